The first-order valence-corrected chi connectivity index (χ1v) is 8.18. The Balaban J connectivity index is 3.23. The van der Waals surface area contributed by atoms with Crippen LogP contribution < -0.4 is 0 Å². The molecule has 0 saturated heterocycles. The molecule has 0 radical (unpaired) electrons. The first-order valence-electron chi connectivity index (χ1n) is 7.81. The zero-order chi connectivity index (χ0) is 20.3. The highest BCUT2D eigenvalue weighted by Crippen LogP contribution is 2.19. The molecular formula is C17H23ClN2O6. The average molecular weight is 387 g/mol. The van der Waals surface area contributed by atoms with E-state index in [0.717, 1.165) is 0 Å². The predicted octanol–water partition coefficient (Wildman–Crippen LogP) is 4.11. The van der Waals surface area contributed by atoms with Gasteiger partial charge in [0.05, 0.1) is 22.8 Å². The molecule has 0 unspecified atom stereocenters. The van der Waals surface area contributed by atoms with Gasteiger partial charge in [0.1, 0.15) is 11.2 Å². The Kier molecular flexibility index (Phi) is 6.59. The first kappa shape index (κ1) is 21.7. The van der Waals surface area contributed by atoms with Crippen LogP contribution in [0, 0.1) is 0 Å². The van der Waals surface area contributed by atoms with E-state index in [2.05, 4.69) is 4.98 Å². The molecule has 0 bridgehead atoms. The quantitative estimate of drug-likeness (QED) is 0.833. The van der Waals surface area contributed by atoms with Crippen LogP contribution in [0.15, 0.2) is 12.3 Å². The second kappa shape index (κ2) is 7.90. The highest BCUT2D eigenvalue weighted by molar-refractivity contribution is 6.30. The van der Waals surface area contributed by atoms with Crippen molar-refractivity contribution in [2.24, 2.45) is 0 Å². The van der Waals surface area contributed by atoms with E-state index in [1.54, 1.807) is 41.5 Å². The zero-order valence-corrected chi connectivity index (χ0v) is 16.4. The topological polar surface area (TPSA) is 106 Å². The van der Waals surface area contributed by atoms with Gasteiger partial charge in [0, 0.05) is 6.20 Å². The predicted molar refractivity (Wildman–Crippen MR) is 94.2 cm³/mol. The maximum atomic E-state index is 12.4. The van der Waals surface area contributed by atoms with Crippen molar-refractivity contribution in [1.29, 1.82) is 0 Å². The second-order valence-corrected chi connectivity index (χ2v) is 7.94. The van der Waals surface area contributed by atoms with Gasteiger partial charge in [-0.05, 0) is 47.6 Å². The lowest BCUT2D eigenvalue weighted by molar-refractivity contribution is -0.000669. The third-order valence-corrected chi connectivity index (χ3v) is 2.91. The number of hydrogen-bond donors (Lipinski definition) is 1. The van der Waals surface area contributed by atoms with Gasteiger partial charge in [0.2, 0.25) is 0 Å². The van der Waals surface area contributed by atoms with E-state index in [1.807, 2.05) is 0 Å². The molecule has 0 aliphatic rings. The summed E-state index contributed by atoms with van der Waals surface area (Å²) < 4.78 is 10.4. The summed E-state index contributed by atoms with van der Waals surface area (Å²) in [7, 11) is 0. The number of nitrogens with zero attached hydrogens (tertiary/aromatic N) is 2. The monoisotopic (exact) mass is 386 g/mol. The number of carboxylic acid groups (broad SMARTS) is 1. The van der Waals surface area contributed by atoms with E-state index in [9.17, 15) is 19.5 Å². The lowest BCUT2D eigenvalue weighted by Crippen LogP contribution is -2.43. The number of imide groups is 1. The lowest BCUT2D eigenvalue weighted by Gasteiger charge is -2.28. The Morgan fingerprint density at radius 3 is 1.92 bits per heavy atom. The summed E-state index contributed by atoms with van der Waals surface area (Å²) >= 11 is 5.77. The largest absolute Gasteiger partial charge is 0.478 e. The Morgan fingerprint density at radius 1 is 1.08 bits per heavy atom. The summed E-state index contributed by atoms with van der Waals surface area (Å²) in [6.07, 6.45) is -0.717. The number of carbonyl (C=O) groups excluding carboxylic acids is 2. The minimum Gasteiger partial charge on any atom is -0.478 e. The number of aromatic nitrogens is 1. The number of halogens is 1. The van der Waals surface area contributed by atoms with Gasteiger partial charge in [-0.25, -0.2) is 19.3 Å². The van der Waals surface area contributed by atoms with Crippen molar-refractivity contribution >= 4 is 29.8 Å². The van der Waals surface area contributed by atoms with Crippen LogP contribution in [0.3, 0.4) is 0 Å². The van der Waals surface area contributed by atoms with Crippen molar-refractivity contribution in [3.63, 3.8) is 0 Å². The molecule has 9 heteroatoms. The van der Waals surface area contributed by atoms with Gasteiger partial charge in [-0.15, -0.1) is 0 Å². The second-order valence-electron chi connectivity index (χ2n) is 7.50. The summed E-state index contributed by atoms with van der Waals surface area (Å²) in [5, 5.41) is 9.42. The Morgan fingerprint density at radius 2 is 1.54 bits per heavy atom. The van der Waals surface area contributed by atoms with E-state index in [1.165, 1.54) is 12.3 Å². The number of carboxylic acids is 1. The molecule has 0 spiro atoms. The molecule has 0 aliphatic carbocycles. The summed E-state index contributed by atoms with van der Waals surface area (Å²) in [5.74, 6) is -1.29. The molecule has 144 valence electrons. The molecule has 1 N–H and O–H groups in total. The Labute approximate surface area is 157 Å². The van der Waals surface area contributed by atoms with Crippen LogP contribution in [0.4, 0.5) is 9.59 Å². The number of hydrogen-bond acceptors (Lipinski definition) is 6. The van der Waals surface area contributed by atoms with Crippen LogP contribution in [0.5, 0.6) is 0 Å². The number of amides is 2. The Bertz CT molecular complexity index is 678. The minimum atomic E-state index is -1.29. The fourth-order valence-corrected chi connectivity index (χ4v) is 1.92. The molecule has 26 heavy (non-hydrogen) atoms. The number of ether oxygens (including phenoxy) is 2. The normalized spacial score (nSPS) is 11.7. The van der Waals surface area contributed by atoms with Gasteiger partial charge >= 0.3 is 18.2 Å². The number of aromatic carboxylic acids is 1. The fourth-order valence-electron chi connectivity index (χ4n) is 1.77. The van der Waals surface area contributed by atoms with Crippen LogP contribution in [0.2, 0.25) is 5.02 Å². The standard InChI is InChI=1S/C17H23ClN2O6/c1-16(2,3)25-14(23)20(15(24)26-17(4,5)6)9-12-11(13(21)22)7-10(18)8-19-12/h7-8H,9H2,1-6H3,(H,21,22). The van der Waals surface area contributed by atoms with Gasteiger partial charge < -0.3 is 14.6 Å². The van der Waals surface area contributed by atoms with Crippen LogP contribution in [0.1, 0.15) is 57.6 Å². The van der Waals surface area contributed by atoms with Crippen molar-refractivity contribution in [3.05, 3.63) is 28.5 Å². The van der Waals surface area contributed by atoms with Crippen molar-refractivity contribution in [1.82, 2.24) is 9.88 Å². The lowest BCUT2D eigenvalue weighted by atomic mass is 10.2. The van der Waals surface area contributed by atoms with Gasteiger partial charge in [0.25, 0.3) is 0 Å². The van der Waals surface area contributed by atoms with E-state index >= 15 is 0 Å². The van der Waals surface area contributed by atoms with E-state index in [-0.39, 0.29) is 16.3 Å². The van der Waals surface area contributed by atoms with E-state index in [0.29, 0.717) is 4.90 Å². The van der Waals surface area contributed by atoms with Gasteiger partial charge in [0.15, 0.2) is 0 Å². The van der Waals surface area contributed by atoms with Gasteiger partial charge in [-0.1, -0.05) is 11.6 Å². The minimum absolute atomic E-state index is 0.0291. The SMILES string of the molecule is CC(C)(C)OC(=O)N(Cc1ncc(Cl)cc1C(=O)O)C(=O)OC(C)(C)C. The third-order valence-electron chi connectivity index (χ3n) is 2.70. The van der Waals surface area contributed by atoms with E-state index in [4.69, 9.17) is 21.1 Å². The maximum absolute atomic E-state index is 12.4. The highest BCUT2D eigenvalue weighted by Gasteiger charge is 2.32. The molecule has 1 rings (SSSR count). The smallest absolute Gasteiger partial charge is 0.420 e. The van der Waals surface area contributed by atoms with Gasteiger partial charge in [-0.3, -0.25) is 4.98 Å². The molecule has 1 aromatic heterocycles. The molecule has 1 heterocycles. The molecule has 0 aliphatic heterocycles. The van der Waals surface area contributed by atoms with Gasteiger partial charge in [-0.2, -0.15) is 0 Å². The fraction of sp³-hybridized carbons (Fsp3) is 0.529. The van der Waals surface area contributed by atoms with Crippen molar-refractivity contribution in [2.75, 3.05) is 0 Å². The number of pyridine rings is 1. The third kappa shape index (κ3) is 6.87. The molecule has 0 fully saturated rings. The molecule has 8 nitrogen and oxygen atoms in total. The van der Waals surface area contributed by atoms with Crippen molar-refractivity contribution < 1.29 is 29.0 Å². The van der Waals surface area contributed by atoms with Crippen molar-refractivity contribution in [3.8, 4) is 0 Å². The van der Waals surface area contributed by atoms with E-state index < -0.39 is 35.9 Å². The average Bonchev–Trinajstić information content (AvgIpc) is 2.41. The Hall–Kier alpha value is -2.35. The summed E-state index contributed by atoms with van der Waals surface area (Å²) in [6.45, 7) is 9.40. The van der Waals surface area contributed by atoms with Crippen LogP contribution >= 0.6 is 11.6 Å². The molecular weight excluding hydrogens is 364 g/mol. The summed E-state index contributed by atoms with van der Waals surface area (Å²) in [6, 6.07) is 1.19. The molecule has 2 amide bonds. The van der Waals surface area contributed by atoms with Crippen molar-refractivity contribution in [2.45, 2.75) is 59.3 Å². The first-order chi connectivity index (χ1) is 11.7. The summed E-state index contributed by atoms with van der Waals surface area (Å²) in [5.41, 5.74) is -1.98. The maximum Gasteiger partial charge on any atom is 0.420 e. The molecule has 0 aromatic carbocycles. The molecule has 0 saturated carbocycles. The zero-order valence-electron chi connectivity index (χ0n) is 15.6. The number of rotatable bonds is 3. The van der Waals surface area contributed by atoms with Crippen LogP contribution in [0.25, 0.3) is 0 Å². The van der Waals surface area contributed by atoms with Crippen LogP contribution in [-0.4, -0.2) is 44.3 Å². The summed E-state index contributed by atoms with van der Waals surface area (Å²) in [4.78, 5) is 40.9. The number of carbonyl (C=O) groups is 3. The molecule has 0 atom stereocenters. The molecule has 1 aromatic rings. The highest BCUT2D eigenvalue weighted by atomic mass is 35.5. The van der Waals surface area contributed by atoms with Crippen LogP contribution in [-0.2, 0) is 16.0 Å².